The first kappa shape index (κ1) is 24.2. The summed E-state index contributed by atoms with van der Waals surface area (Å²) in [4.78, 5) is 0. The SMILES string of the molecule is COc1c(C(C)(C)C)cc(C2=C3[C-]=C(C)C=C3CC3=C2CCCC3)cc1C(C)(C)C.[Li+]. The zero-order chi connectivity index (χ0) is 21.8. The van der Waals surface area contributed by atoms with E-state index in [2.05, 4.69) is 72.8 Å². The molecule has 0 saturated carbocycles. The zero-order valence-electron chi connectivity index (χ0n) is 21.2. The summed E-state index contributed by atoms with van der Waals surface area (Å²) in [5.74, 6) is 1.05. The number of allylic oxidation sites excluding steroid dienone is 8. The van der Waals surface area contributed by atoms with Crippen LogP contribution in [0, 0.1) is 6.08 Å². The van der Waals surface area contributed by atoms with Crippen molar-refractivity contribution in [2.24, 2.45) is 0 Å². The second kappa shape index (κ2) is 8.50. The predicted molar refractivity (Wildman–Crippen MR) is 128 cm³/mol. The Kier molecular flexibility index (Phi) is 6.64. The molecule has 4 rings (SSSR count). The predicted octanol–water partition coefficient (Wildman–Crippen LogP) is 5.01. The van der Waals surface area contributed by atoms with Crippen LogP contribution in [0.3, 0.4) is 0 Å². The smallest absolute Gasteiger partial charge is 0.496 e. The first-order chi connectivity index (χ1) is 14.0. The first-order valence-electron chi connectivity index (χ1n) is 11.5. The van der Waals surface area contributed by atoms with Gasteiger partial charge in [-0.05, 0) is 54.1 Å². The summed E-state index contributed by atoms with van der Waals surface area (Å²) in [5, 5.41) is 0. The van der Waals surface area contributed by atoms with Gasteiger partial charge in [-0.3, -0.25) is 0 Å². The van der Waals surface area contributed by atoms with E-state index in [-0.39, 0.29) is 29.7 Å². The van der Waals surface area contributed by atoms with Crippen LogP contribution < -0.4 is 23.6 Å². The van der Waals surface area contributed by atoms with E-state index >= 15 is 0 Å². The third-order valence-corrected chi connectivity index (χ3v) is 6.77. The van der Waals surface area contributed by atoms with E-state index in [1.54, 1.807) is 11.1 Å². The van der Waals surface area contributed by atoms with Crippen molar-refractivity contribution < 1.29 is 23.6 Å². The summed E-state index contributed by atoms with van der Waals surface area (Å²) >= 11 is 0. The second-order valence-corrected chi connectivity index (χ2v) is 11.3. The molecule has 3 aliphatic rings. The van der Waals surface area contributed by atoms with E-state index in [1.807, 2.05) is 7.11 Å². The van der Waals surface area contributed by atoms with Crippen molar-refractivity contribution >= 4 is 5.57 Å². The molecule has 160 valence electrons. The van der Waals surface area contributed by atoms with Crippen LogP contribution in [0.5, 0.6) is 5.75 Å². The normalized spacial score (nSPS) is 18.8. The largest absolute Gasteiger partial charge is 1.00 e. The standard InChI is InChI=1S/C29H37O.Li/c1-18-13-20-15-19-11-9-10-12-22(19)26(23(20)14-18)21-16-24(28(2,3)4)27(30-8)25(17-21)29(5,6)7;/h13,16-17H,9-12,15H2,1-8H3;/q-1;+1. The van der Waals surface area contributed by atoms with E-state index in [1.165, 1.54) is 64.7 Å². The Balaban J connectivity index is 0.00000272. The molecule has 1 nitrogen and oxygen atoms in total. The van der Waals surface area contributed by atoms with Crippen LogP contribution in [0.4, 0.5) is 0 Å². The van der Waals surface area contributed by atoms with Crippen LogP contribution in [-0.2, 0) is 10.8 Å². The molecule has 2 heteroatoms. The van der Waals surface area contributed by atoms with E-state index in [0.29, 0.717) is 0 Å². The van der Waals surface area contributed by atoms with Gasteiger partial charge in [0.05, 0.1) is 7.11 Å². The van der Waals surface area contributed by atoms with Crippen molar-refractivity contribution in [3.05, 3.63) is 68.8 Å². The fourth-order valence-corrected chi connectivity index (χ4v) is 5.28. The minimum atomic E-state index is 0. The van der Waals surface area contributed by atoms with Crippen molar-refractivity contribution in [3.63, 3.8) is 0 Å². The monoisotopic (exact) mass is 408 g/mol. The van der Waals surface area contributed by atoms with Gasteiger partial charge in [-0.15, -0.1) is 17.2 Å². The molecule has 0 atom stereocenters. The Labute approximate surface area is 201 Å². The molecule has 1 aromatic rings. The summed E-state index contributed by atoms with van der Waals surface area (Å²) < 4.78 is 6.02. The Bertz CT molecular complexity index is 981. The number of fused-ring (bicyclic) bond motifs is 1. The zero-order valence-corrected chi connectivity index (χ0v) is 21.2. The number of ether oxygens (including phenoxy) is 1. The number of rotatable bonds is 2. The average Bonchev–Trinajstić information content (AvgIpc) is 3.03. The van der Waals surface area contributed by atoms with Gasteiger partial charge in [-0.25, -0.2) is 0 Å². The van der Waals surface area contributed by atoms with Crippen molar-refractivity contribution in [1.29, 1.82) is 0 Å². The molecule has 0 fully saturated rings. The Morgan fingerprint density at radius 3 is 2.03 bits per heavy atom. The molecule has 0 saturated heterocycles. The first-order valence-corrected chi connectivity index (χ1v) is 11.5. The summed E-state index contributed by atoms with van der Waals surface area (Å²) in [7, 11) is 1.82. The van der Waals surface area contributed by atoms with Gasteiger partial charge < -0.3 is 4.74 Å². The van der Waals surface area contributed by atoms with Gasteiger partial charge in [0.15, 0.2) is 0 Å². The minimum absolute atomic E-state index is 0. The Morgan fingerprint density at radius 2 is 1.48 bits per heavy atom. The molecular formula is C29H37LiO. The number of methoxy groups -OCH3 is 1. The van der Waals surface area contributed by atoms with Crippen molar-refractivity contribution in [1.82, 2.24) is 0 Å². The van der Waals surface area contributed by atoms with Crippen LogP contribution >= 0.6 is 0 Å². The topological polar surface area (TPSA) is 9.23 Å². The third kappa shape index (κ3) is 4.42. The van der Waals surface area contributed by atoms with Gasteiger partial charge in [0.25, 0.3) is 0 Å². The van der Waals surface area contributed by atoms with Gasteiger partial charge in [0.1, 0.15) is 5.75 Å². The second-order valence-electron chi connectivity index (χ2n) is 11.3. The molecule has 0 aromatic heterocycles. The van der Waals surface area contributed by atoms with Gasteiger partial charge in [-0.1, -0.05) is 82.9 Å². The minimum Gasteiger partial charge on any atom is -0.496 e. The average molecular weight is 409 g/mol. The molecule has 31 heavy (non-hydrogen) atoms. The molecule has 1 aromatic carbocycles. The molecule has 3 aliphatic carbocycles. The van der Waals surface area contributed by atoms with E-state index in [4.69, 9.17) is 4.74 Å². The maximum atomic E-state index is 6.02. The van der Waals surface area contributed by atoms with E-state index in [9.17, 15) is 0 Å². The Hall–Kier alpha value is -1.42. The molecular weight excluding hydrogens is 371 g/mol. The van der Waals surface area contributed by atoms with Crippen LogP contribution in [0.15, 0.2) is 46.1 Å². The van der Waals surface area contributed by atoms with Gasteiger partial charge in [0, 0.05) is 0 Å². The summed E-state index contributed by atoms with van der Waals surface area (Å²) in [6.07, 6.45) is 12.3. The summed E-state index contributed by atoms with van der Waals surface area (Å²) in [5.41, 5.74) is 12.7. The van der Waals surface area contributed by atoms with Crippen molar-refractivity contribution in [2.45, 2.75) is 91.4 Å². The molecule has 0 unspecified atom stereocenters. The van der Waals surface area contributed by atoms with E-state index in [0.717, 1.165) is 12.2 Å². The van der Waals surface area contributed by atoms with Crippen LogP contribution in [0.1, 0.15) is 97.3 Å². The molecule has 0 heterocycles. The molecule has 0 amide bonds. The number of benzene rings is 1. The van der Waals surface area contributed by atoms with Crippen LogP contribution in [0.2, 0.25) is 0 Å². The van der Waals surface area contributed by atoms with Crippen LogP contribution in [-0.4, -0.2) is 7.11 Å². The summed E-state index contributed by atoms with van der Waals surface area (Å²) in [6.45, 7) is 15.9. The molecule has 0 N–H and O–H groups in total. The number of hydrogen-bond acceptors (Lipinski definition) is 1. The third-order valence-electron chi connectivity index (χ3n) is 6.77. The Morgan fingerprint density at radius 1 is 0.903 bits per heavy atom. The van der Waals surface area contributed by atoms with Crippen molar-refractivity contribution in [2.75, 3.05) is 7.11 Å². The van der Waals surface area contributed by atoms with Gasteiger partial charge in [-0.2, -0.15) is 11.6 Å². The van der Waals surface area contributed by atoms with Crippen LogP contribution in [0.25, 0.3) is 5.57 Å². The molecule has 0 radical (unpaired) electrons. The van der Waals surface area contributed by atoms with Gasteiger partial charge >= 0.3 is 18.9 Å². The maximum Gasteiger partial charge on any atom is 1.00 e. The summed E-state index contributed by atoms with van der Waals surface area (Å²) in [6, 6.07) is 4.82. The fraction of sp³-hybridized carbons (Fsp3) is 0.517. The maximum absolute atomic E-state index is 6.02. The quantitative estimate of drug-likeness (QED) is 0.494. The fourth-order valence-electron chi connectivity index (χ4n) is 5.28. The molecule has 0 bridgehead atoms. The van der Waals surface area contributed by atoms with Crippen molar-refractivity contribution in [3.8, 4) is 5.75 Å². The van der Waals surface area contributed by atoms with E-state index < -0.39 is 0 Å². The number of hydrogen-bond donors (Lipinski definition) is 0. The van der Waals surface area contributed by atoms with Gasteiger partial charge in [0.2, 0.25) is 0 Å². The molecule has 0 spiro atoms. The molecule has 0 aliphatic heterocycles.